The number of aromatic nitrogens is 1. The van der Waals surface area contributed by atoms with E-state index >= 15 is 0 Å². The predicted octanol–water partition coefficient (Wildman–Crippen LogP) is 2.94. The number of nitrogens with zero attached hydrogens (tertiary/aromatic N) is 2. The monoisotopic (exact) mass is 386 g/mol. The van der Waals surface area contributed by atoms with Gasteiger partial charge in [0.2, 0.25) is 0 Å². The molecule has 2 fully saturated rings. The fourth-order valence-electron chi connectivity index (χ4n) is 4.65. The number of aromatic hydroxyl groups is 1. The highest BCUT2D eigenvalue weighted by molar-refractivity contribution is 6.30. The van der Waals surface area contributed by atoms with Crippen molar-refractivity contribution in [2.75, 3.05) is 19.6 Å². The fourth-order valence-corrected chi connectivity index (χ4v) is 4.77. The number of hydrogen-bond acceptors (Lipinski definition) is 5. The van der Waals surface area contributed by atoms with Gasteiger partial charge in [-0.05, 0) is 54.5 Å². The second-order valence-electron chi connectivity index (χ2n) is 7.97. The number of carbonyl (C=O) groups excluding carboxylic acids is 1. The van der Waals surface area contributed by atoms with E-state index in [1.165, 1.54) is 12.3 Å². The summed E-state index contributed by atoms with van der Waals surface area (Å²) in [6.45, 7) is 2.00. The zero-order chi connectivity index (χ0) is 19.0. The molecule has 3 atom stereocenters. The van der Waals surface area contributed by atoms with Crippen molar-refractivity contribution in [3.8, 4) is 5.75 Å². The van der Waals surface area contributed by atoms with Crippen LogP contribution in [0.2, 0.25) is 5.02 Å². The molecule has 27 heavy (non-hydrogen) atoms. The van der Waals surface area contributed by atoms with E-state index in [0.717, 1.165) is 31.5 Å². The molecule has 1 aliphatic heterocycles. The van der Waals surface area contributed by atoms with E-state index in [2.05, 4.69) is 9.88 Å². The average molecular weight is 387 g/mol. The van der Waals surface area contributed by atoms with Crippen LogP contribution in [0.4, 0.5) is 0 Å². The van der Waals surface area contributed by atoms with Crippen LogP contribution in [0, 0.1) is 11.8 Å². The number of likely N-dealkylation sites (tertiary alicyclic amines) is 1. The van der Waals surface area contributed by atoms with Crippen LogP contribution in [0.1, 0.15) is 28.9 Å². The van der Waals surface area contributed by atoms with Crippen molar-refractivity contribution in [1.82, 2.24) is 9.88 Å². The molecule has 2 heterocycles. The third-order valence-electron chi connectivity index (χ3n) is 5.78. The summed E-state index contributed by atoms with van der Waals surface area (Å²) >= 11 is 5.94. The molecule has 1 aromatic carbocycles. The summed E-state index contributed by atoms with van der Waals surface area (Å²) in [7, 11) is 0. The molecule has 0 bridgehead atoms. The quantitative estimate of drug-likeness (QED) is 0.773. The molecule has 6 heteroatoms. The molecule has 1 aromatic heterocycles. The van der Waals surface area contributed by atoms with Gasteiger partial charge in [-0.25, -0.2) is 4.98 Å². The third-order valence-corrected chi connectivity index (χ3v) is 6.04. The summed E-state index contributed by atoms with van der Waals surface area (Å²) in [5.41, 5.74) is 0.814. The van der Waals surface area contributed by atoms with Crippen molar-refractivity contribution in [2.45, 2.75) is 24.9 Å². The molecule has 1 saturated carbocycles. The topological polar surface area (TPSA) is 73.7 Å². The first kappa shape index (κ1) is 18.4. The number of ketones is 1. The lowest BCUT2D eigenvalue weighted by Gasteiger charge is -2.26. The Kier molecular flexibility index (Phi) is 4.93. The number of rotatable bonds is 5. The van der Waals surface area contributed by atoms with Crippen LogP contribution in [-0.2, 0) is 6.42 Å². The van der Waals surface area contributed by atoms with Crippen LogP contribution in [0.15, 0.2) is 42.6 Å². The van der Waals surface area contributed by atoms with Crippen LogP contribution in [0.3, 0.4) is 0 Å². The molecule has 142 valence electrons. The van der Waals surface area contributed by atoms with Crippen LogP contribution in [0.25, 0.3) is 0 Å². The molecule has 2 aromatic rings. The minimum Gasteiger partial charge on any atom is -0.506 e. The number of hydrogen-bond donors (Lipinski definition) is 2. The molecule has 1 unspecified atom stereocenters. The summed E-state index contributed by atoms with van der Waals surface area (Å²) in [4.78, 5) is 18.5. The predicted molar refractivity (Wildman–Crippen MR) is 103 cm³/mol. The van der Waals surface area contributed by atoms with Crippen LogP contribution < -0.4 is 0 Å². The highest BCUT2D eigenvalue weighted by Gasteiger charge is 2.48. The largest absolute Gasteiger partial charge is 0.506 e. The molecule has 0 spiro atoms. The Morgan fingerprint density at radius 1 is 1.15 bits per heavy atom. The minimum atomic E-state index is -0.669. The molecule has 2 N–H and O–H groups in total. The normalized spacial score (nSPS) is 27.6. The maximum absolute atomic E-state index is 12.4. The maximum atomic E-state index is 12.4. The van der Waals surface area contributed by atoms with E-state index in [9.17, 15) is 15.0 Å². The number of Topliss-reactive ketones (excluding diaryl/α,β-unsaturated/α-hetero) is 1. The number of aliphatic hydroxyl groups is 1. The van der Waals surface area contributed by atoms with Gasteiger partial charge in [0.25, 0.3) is 0 Å². The number of pyridine rings is 1. The highest BCUT2D eigenvalue weighted by Crippen LogP contribution is 2.45. The van der Waals surface area contributed by atoms with Gasteiger partial charge in [-0.1, -0.05) is 23.7 Å². The van der Waals surface area contributed by atoms with Crippen LogP contribution in [-0.4, -0.2) is 51.1 Å². The van der Waals surface area contributed by atoms with Crippen molar-refractivity contribution in [1.29, 1.82) is 0 Å². The Bertz CT molecular complexity index is 808. The average Bonchev–Trinajstić information content (AvgIpc) is 3.11. The third kappa shape index (κ3) is 4.15. The summed E-state index contributed by atoms with van der Waals surface area (Å²) < 4.78 is 0. The molecular weight excluding hydrogens is 364 g/mol. The first-order valence-corrected chi connectivity index (χ1v) is 9.65. The van der Waals surface area contributed by atoms with Crippen molar-refractivity contribution in [3.63, 3.8) is 0 Å². The Morgan fingerprint density at radius 2 is 1.81 bits per heavy atom. The van der Waals surface area contributed by atoms with E-state index in [1.54, 1.807) is 6.07 Å². The standard InChI is InChI=1S/C21H23ClN2O3/c22-17-3-1-14(2-4-17)7-21(27)8-15-11-24(12-16(15)9-21)13-20(26)19-6-5-18(25)10-23-19/h1-6,10,15-16,25,27H,7-9,11-13H2/t15-,16+,21?. The van der Waals surface area contributed by atoms with Gasteiger partial charge in [0.05, 0.1) is 18.3 Å². The molecule has 4 rings (SSSR count). The Labute approximate surface area is 163 Å². The van der Waals surface area contributed by atoms with Gasteiger partial charge in [0.15, 0.2) is 5.78 Å². The van der Waals surface area contributed by atoms with Crippen molar-refractivity contribution in [3.05, 3.63) is 58.9 Å². The fraction of sp³-hybridized carbons (Fsp3) is 0.429. The summed E-state index contributed by atoms with van der Waals surface area (Å²) in [6, 6.07) is 10.7. The molecule has 1 aliphatic carbocycles. The van der Waals surface area contributed by atoms with Crippen LogP contribution in [0.5, 0.6) is 5.75 Å². The summed E-state index contributed by atoms with van der Waals surface area (Å²) in [5.74, 6) is 0.861. The number of benzene rings is 1. The first-order chi connectivity index (χ1) is 12.9. The SMILES string of the molecule is O=C(CN1C[C@@H]2CC(O)(Cc3ccc(Cl)cc3)C[C@@H]2C1)c1ccc(O)cn1. The Morgan fingerprint density at radius 3 is 2.41 bits per heavy atom. The molecule has 5 nitrogen and oxygen atoms in total. The van der Waals surface area contributed by atoms with E-state index < -0.39 is 5.60 Å². The van der Waals surface area contributed by atoms with E-state index in [1.807, 2.05) is 24.3 Å². The zero-order valence-electron chi connectivity index (χ0n) is 15.0. The van der Waals surface area contributed by atoms with Crippen LogP contribution >= 0.6 is 11.6 Å². The highest BCUT2D eigenvalue weighted by atomic mass is 35.5. The van der Waals surface area contributed by atoms with E-state index in [0.29, 0.717) is 35.5 Å². The number of fused-ring (bicyclic) bond motifs is 1. The van der Waals surface area contributed by atoms with Gasteiger partial charge in [-0.2, -0.15) is 0 Å². The lowest BCUT2D eigenvalue weighted by atomic mass is 9.91. The smallest absolute Gasteiger partial charge is 0.195 e. The Hall–Kier alpha value is -1.95. The first-order valence-electron chi connectivity index (χ1n) is 9.28. The van der Waals surface area contributed by atoms with Gasteiger partial charge in [0.1, 0.15) is 11.4 Å². The second-order valence-corrected chi connectivity index (χ2v) is 8.41. The van der Waals surface area contributed by atoms with Gasteiger partial charge in [-0.3, -0.25) is 9.69 Å². The number of carbonyl (C=O) groups is 1. The number of halogens is 1. The van der Waals surface area contributed by atoms with Gasteiger partial charge < -0.3 is 10.2 Å². The van der Waals surface area contributed by atoms with E-state index in [4.69, 9.17) is 11.6 Å². The van der Waals surface area contributed by atoms with E-state index in [-0.39, 0.29) is 11.5 Å². The molecular formula is C21H23ClN2O3. The van der Waals surface area contributed by atoms with Gasteiger partial charge in [-0.15, -0.1) is 0 Å². The van der Waals surface area contributed by atoms with Gasteiger partial charge >= 0.3 is 0 Å². The zero-order valence-corrected chi connectivity index (χ0v) is 15.8. The molecule has 0 amide bonds. The summed E-state index contributed by atoms with van der Waals surface area (Å²) in [5, 5.41) is 21.0. The molecule has 2 aliphatic rings. The van der Waals surface area contributed by atoms with Crippen molar-refractivity contribution >= 4 is 17.4 Å². The van der Waals surface area contributed by atoms with Gasteiger partial charge in [0, 0.05) is 24.5 Å². The summed E-state index contributed by atoms with van der Waals surface area (Å²) in [6.07, 6.45) is 3.47. The minimum absolute atomic E-state index is 0.0357. The lowest BCUT2D eigenvalue weighted by molar-refractivity contribution is 0.0355. The molecule has 0 radical (unpaired) electrons. The lowest BCUT2D eigenvalue weighted by Crippen LogP contribution is -2.34. The van der Waals surface area contributed by atoms with Crippen molar-refractivity contribution in [2.24, 2.45) is 11.8 Å². The van der Waals surface area contributed by atoms with Crippen molar-refractivity contribution < 1.29 is 15.0 Å². The molecule has 1 saturated heterocycles. The Balaban J connectivity index is 1.33. The second kappa shape index (κ2) is 7.23. The maximum Gasteiger partial charge on any atom is 0.195 e.